The third-order valence-electron chi connectivity index (χ3n) is 5.47. The largest absolute Gasteiger partial charge is 0.483 e. The molecule has 142 valence electrons. The Hall–Kier alpha value is -2.16. The van der Waals surface area contributed by atoms with Crippen molar-refractivity contribution in [3.8, 4) is 0 Å². The lowest BCUT2D eigenvalue weighted by atomic mass is 9.95. The lowest BCUT2D eigenvalue weighted by Crippen LogP contribution is -2.36. The number of hydrogen-bond donors (Lipinski definition) is 2. The maximum Gasteiger partial charge on any atom is 0.290 e. The van der Waals surface area contributed by atoms with Crippen molar-refractivity contribution in [3.05, 3.63) is 33.2 Å². The third kappa shape index (κ3) is 3.40. The van der Waals surface area contributed by atoms with Gasteiger partial charge in [0, 0.05) is 18.8 Å². The molecule has 26 heavy (non-hydrogen) atoms. The number of carbonyl (C=O) groups is 2. The van der Waals surface area contributed by atoms with Gasteiger partial charge in [-0.2, -0.15) is 0 Å². The number of aromatic nitrogens is 1. The molecule has 4 rings (SSSR count). The van der Waals surface area contributed by atoms with Crippen LogP contribution in [0.1, 0.15) is 40.9 Å². The summed E-state index contributed by atoms with van der Waals surface area (Å²) in [5, 5.41) is 6.45. The zero-order valence-corrected chi connectivity index (χ0v) is 15.1. The van der Waals surface area contributed by atoms with Crippen molar-refractivity contribution in [3.63, 3.8) is 0 Å². The van der Waals surface area contributed by atoms with Crippen molar-refractivity contribution in [1.29, 1.82) is 0 Å². The van der Waals surface area contributed by atoms with Crippen molar-refractivity contribution in [2.45, 2.75) is 37.4 Å². The first-order chi connectivity index (χ1) is 12.4. The van der Waals surface area contributed by atoms with E-state index >= 15 is 0 Å². The highest BCUT2D eigenvalue weighted by Gasteiger charge is 2.47. The van der Waals surface area contributed by atoms with Crippen LogP contribution >= 0.6 is 0 Å². The number of aromatic amines is 1. The number of amides is 1. The molecule has 1 amide bonds. The van der Waals surface area contributed by atoms with E-state index in [4.69, 9.17) is 9.90 Å². The molecular formula is C17H22N2O6S. The number of sulfone groups is 1. The van der Waals surface area contributed by atoms with Gasteiger partial charge in [-0.05, 0) is 49.7 Å². The number of pyridine rings is 1. The van der Waals surface area contributed by atoms with Crippen LogP contribution in [0.15, 0.2) is 10.9 Å². The Balaban J connectivity index is 0.000000613. The molecule has 1 aromatic rings. The molecule has 2 atom stereocenters. The SMILES string of the molecule is O=C(c1cc2c([nH]c1=O)CCCC2)N1C[C@@H]2CCS(=O)(=O)[C@@H]2C1.O=CO. The summed E-state index contributed by atoms with van der Waals surface area (Å²) in [6.07, 6.45) is 4.48. The molecule has 2 fully saturated rings. The van der Waals surface area contributed by atoms with E-state index in [1.807, 2.05) is 0 Å². The fourth-order valence-corrected chi connectivity index (χ4v) is 6.31. The van der Waals surface area contributed by atoms with Crippen LogP contribution in [-0.4, -0.2) is 59.9 Å². The summed E-state index contributed by atoms with van der Waals surface area (Å²) in [5.74, 6) is -0.0751. The minimum Gasteiger partial charge on any atom is -0.483 e. The van der Waals surface area contributed by atoms with Crippen LogP contribution in [0.25, 0.3) is 0 Å². The highest BCUT2D eigenvalue weighted by Crippen LogP contribution is 2.34. The van der Waals surface area contributed by atoms with Gasteiger partial charge in [0.1, 0.15) is 5.56 Å². The summed E-state index contributed by atoms with van der Waals surface area (Å²) < 4.78 is 24.0. The van der Waals surface area contributed by atoms with E-state index in [0.717, 1.165) is 36.9 Å². The van der Waals surface area contributed by atoms with Gasteiger partial charge in [0.2, 0.25) is 0 Å². The molecule has 3 heterocycles. The van der Waals surface area contributed by atoms with Gasteiger partial charge in [0.15, 0.2) is 9.84 Å². The summed E-state index contributed by atoms with van der Waals surface area (Å²) in [6, 6.07) is 1.72. The third-order valence-corrected chi connectivity index (χ3v) is 7.73. The summed E-state index contributed by atoms with van der Waals surface area (Å²) >= 11 is 0. The average Bonchev–Trinajstić information content (AvgIpc) is 3.15. The molecule has 0 unspecified atom stereocenters. The number of carboxylic acid groups (broad SMARTS) is 1. The normalized spacial score (nSPS) is 25.6. The second kappa shape index (κ2) is 7.22. The predicted molar refractivity (Wildman–Crippen MR) is 94.0 cm³/mol. The number of likely N-dealkylation sites (tertiary alicyclic amines) is 1. The molecule has 2 N–H and O–H groups in total. The monoisotopic (exact) mass is 382 g/mol. The summed E-state index contributed by atoms with van der Waals surface area (Å²) in [6.45, 7) is 0.418. The van der Waals surface area contributed by atoms with Gasteiger partial charge >= 0.3 is 0 Å². The Morgan fingerprint density at radius 1 is 1.27 bits per heavy atom. The van der Waals surface area contributed by atoms with Crippen LogP contribution in [0.4, 0.5) is 0 Å². The minimum atomic E-state index is -3.08. The first kappa shape index (κ1) is 18.6. The van der Waals surface area contributed by atoms with E-state index < -0.39 is 15.1 Å². The summed E-state index contributed by atoms with van der Waals surface area (Å²) in [5.41, 5.74) is 1.79. The molecular weight excluding hydrogens is 360 g/mol. The molecule has 8 nitrogen and oxygen atoms in total. The van der Waals surface area contributed by atoms with Gasteiger partial charge in [-0.3, -0.25) is 14.4 Å². The fraction of sp³-hybridized carbons (Fsp3) is 0.588. The van der Waals surface area contributed by atoms with Gasteiger partial charge in [-0.15, -0.1) is 0 Å². The molecule has 1 aromatic heterocycles. The smallest absolute Gasteiger partial charge is 0.290 e. The number of carbonyl (C=O) groups excluding carboxylic acids is 1. The van der Waals surface area contributed by atoms with Gasteiger partial charge in [0.25, 0.3) is 17.9 Å². The van der Waals surface area contributed by atoms with Gasteiger partial charge in [-0.25, -0.2) is 8.42 Å². The van der Waals surface area contributed by atoms with Crippen molar-refractivity contribution < 1.29 is 23.1 Å². The molecule has 0 saturated carbocycles. The second-order valence-corrected chi connectivity index (χ2v) is 9.33. The Morgan fingerprint density at radius 3 is 2.65 bits per heavy atom. The average molecular weight is 382 g/mol. The molecule has 0 radical (unpaired) electrons. The molecule has 0 bridgehead atoms. The zero-order valence-electron chi connectivity index (χ0n) is 14.3. The Bertz CT molecular complexity index is 876. The number of nitrogens with one attached hydrogen (secondary N) is 1. The molecule has 0 aromatic carbocycles. The lowest BCUT2D eigenvalue weighted by Gasteiger charge is -2.19. The number of rotatable bonds is 1. The van der Waals surface area contributed by atoms with Crippen molar-refractivity contribution in [2.24, 2.45) is 5.92 Å². The van der Waals surface area contributed by atoms with Crippen LogP contribution in [0.2, 0.25) is 0 Å². The lowest BCUT2D eigenvalue weighted by molar-refractivity contribution is -0.122. The second-order valence-electron chi connectivity index (χ2n) is 6.99. The van der Waals surface area contributed by atoms with E-state index in [0.29, 0.717) is 13.0 Å². The van der Waals surface area contributed by atoms with Crippen LogP contribution in [-0.2, 0) is 27.5 Å². The van der Waals surface area contributed by atoms with Gasteiger partial charge in [0.05, 0.1) is 11.0 Å². The molecule has 2 saturated heterocycles. The van der Waals surface area contributed by atoms with Gasteiger partial charge < -0.3 is 15.0 Å². The first-order valence-electron chi connectivity index (χ1n) is 8.71. The molecule has 1 aliphatic carbocycles. The highest BCUT2D eigenvalue weighted by molar-refractivity contribution is 7.92. The Kier molecular flexibility index (Phi) is 5.17. The van der Waals surface area contributed by atoms with E-state index in [1.54, 1.807) is 11.0 Å². The topological polar surface area (TPSA) is 125 Å². The number of hydrogen-bond acceptors (Lipinski definition) is 5. The quantitative estimate of drug-likeness (QED) is 0.669. The number of H-pyrrole nitrogens is 1. The predicted octanol–water partition coefficient (Wildman–Crippen LogP) is 0.214. The maximum atomic E-state index is 12.7. The van der Waals surface area contributed by atoms with Crippen LogP contribution in [0.5, 0.6) is 0 Å². The van der Waals surface area contributed by atoms with Crippen LogP contribution in [0.3, 0.4) is 0 Å². The Morgan fingerprint density at radius 2 is 1.96 bits per heavy atom. The van der Waals surface area contributed by atoms with Crippen LogP contribution < -0.4 is 5.56 Å². The van der Waals surface area contributed by atoms with Gasteiger partial charge in [-0.1, -0.05) is 0 Å². The number of nitrogens with zero attached hydrogens (tertiary/aromatic N) is 1. The first-order valence-corrected chi connectivity index (χ1v) is 10.4. The van der Waals surface area contributed by atoms with Crippen LogP contribution in [0, 0.1) is 5.92 Å². The van der Waals surface area contributed by atoms with E-state index in [1.165, 1.54) is 0 Å². The maximum absolute atomic E-state index is 12.7. The minimum absolute atomic E-state index is 0.0284. The Labute approximate surface area is 151 Å². The van der Waals surface area contributed by atoms with E-state index in [9.17, 15) is 18.0 Å². The molecule has 3 aliphatic rings. The van der Waals surface area contributed by atoms with E-state index in [-0.39, 0.29) is 41.7 Å². The van der Waals surface area contributed by atoms with Crippen molar-refractivity contribution >= 4 is 22.2 Å². The fourth-order valence-electron chi connectivity index (χ4n) is 4.16. The number of aryl methyl sites for hydroxylation is 2. The van der Waals surface area contributed by atoms with Crippen molar-refractivity contribution in [1.82, 2.24) is 9.88 Å². The molecule has 2 aliphatic heterocycles. The molecule has 0 spiro atoms. The van der Waals surface area contributed by atoms with E-state index in [2.05, 4.69) is 4.98 Å². The van der Waals surface area contributed by atoms with Crippen molar-refractivity contribution in [2.75, 3.05) is 18.8 Å². The summed E-state index contributed by atoms with van der Waals surface area (Å²) in [4.78, 5) is 37.7. The standard InChI is InChI=1S/C16H20N2O4S.CH2O2/c19-15-12(7-10-3-1-2-4-13(10)17-15)16(20)18-8-11-5-6-23(21,22)14(11)9-18;2-1-3/h7,11,14H,1-6,8-9H2,(H,17,19);1H,(H,2,3)/t11-,14+;/m0./s1. The zero-order chi connectivity index (χ0) is 18.9. The molecule has 9 heteroatoms. The number of fused-ring (bicyclic) bond motifs is 2. The summed E-state index contributed by atoms with van der Waals surface area (Å²) in [7, 11) is -3.08. The highest BCUT2D eigenvalue weighted by atomic mass is 32.2.